The van der Waals surface area contributed by atoms with Gasteiger partial charge in [0.15, 0.2) is 0 Å². The molecule has 0 bridgehead atoms. The van der Waals surface area contributed by atoms with Crippen molar-refractivity contribution in [1.82, 2.24) is 0 Å². The third-order valence-corrected chi connectivity index (χ3v) is 4.93. The highest BCUT2D eigenvalue weighted by molar-refractivity contribution is 5.18. The second kappa shape index (κ2) is 6.26. The minimum atomic E-state index is -0.409. The van der Waals surface area contributed by atoms with E-state index in [1.54, 1.807) is 12.1 Å². The third-order valence-electron chi connectivity index (χ3n) is 4.93. The Morgan fingerprint density at radius 1 is 1.15 bits per heavy atom. The van der Waals surface area contributed by atoms with Crippen LogP contribution in [-0.2, 0) is 6.42 Å². The molecule has 0 aromatic heterocycles. The van der Waals surface area contributed by atoms with Crippen LogP contribution in [0.25, 0.3) is 0 Å². The van der Waals surface area contributed by atoms with Gasteiger partial charge in [-0.1, -0.05) is 39.0 Å². The van der Waals surface area contributed by atoms with Crippen LogP contribution < -0.4 is 0 Å². The molecular weight excluding hydrogens is 251 g/mol. The molecule has 1 unspecified atom stereocenters. The van der Waals surface area contributed by atoms with Gasteiger partial charge in [0.1, 0.15) is 5.82 Å². The van der Waals surface area contributed by atoms with E-state index in [0.29, 0.717) is 23.3 Å². The zero-order valence-corrected chi connectivity index (χ0v) is 12.9. The Balaban J connectivity index is 1.89. The first-order valence-electron chi connectivity index (χ1n) is 7.79. The molecule has 0 aliphatic heterocycles. The Labute approximate surface area is 122 Å². The Bertz CT molecular complexity index is 427. The molecule has 1 atom stereocenters. The van der Waals surface area contributed by atoms with Crippen LogP contribution in [-0.4, -0.2) is 11.2 Å². The Morgan fingerprint density at radius 2 is 1.75 bits per heavy atom. The third kappa shape index (κ3) is 3.82. The second-order valence-corrected chi connectivity index (χ2v) is 7.34. The summed E-state index contributed by atoms with van der Waals surface area (Å²) >= 11 is 0. The molecule has 1 nitrogen and oxygen atoms in total. The van der Waals surface area contributed by atoms with Crippen molar-refractivity contribution in [3.8, 4) is 0 Å². The van der Waals surface area contributed by atoms with Gasteiger partial charge in [-0.2, -0.15) is 0 Å². The maximum atomic E-state index is 13.6. The van der Waals surface area contributed by atoms with E-state index in [1.165, 1.54) is 18.9 Å². The minimum absolute atomic E-state index is 0.199. The Morgan fingerprint density at radius 3 is 2.30 bits per heavy atom. The SMILES string of the molecule is CC(C)(C)C1CCC(C(O)Cc2ccccc2F)CC1. The van der Waals surface area contributed by atoms with Crippen molar-refractivity contribution in [2.75, 3.05) is 0 Å². The van der Waals surface area contributed by atoms with Gasteiger partial charge in [-0.15, -0.1) is 0 Å². The van der Waals surface area contributed by atoms with E-state index in [1.807, 2.05) is 6.07 Å². The molecule has 0 spiro atoms. The van der Waals surface area contributed by atoms with Crippen LogP contribution in [0.3, 0.4) is 0 Å². The van der Waals surface area contributed by atoms with E-state index in [-0.39, 0.29) is 5.82 Å². The van der Waals surface area contributed by atoms with Crippen molar-refractivity contribution in [3.05, 3.63) is 35.6 Å². The molecule has 1 aromatic carbocycles. The number of benzene rings is 1. The van der Waals surface area contributed by atoms with Crippen LogP contribution in [0.1, 0.15) is 52.0 Å². The standard InChI is InChI=1S/C18H27FO/c1-18(2,3)15-10-8-13(9-11-15)17(20)12-14-6-4-5-7-16(14)19/h4-7,13,15,17,20H,8-12H2,1-3H3. The zero-order chi connectivity index (χ0) is 14.8. The topological polar surface area (TPSA) is 20.2 Å². The summed E-state index contributed by atoms with van der Waals surface area (Å²) in [5.74, 6) is 0.877. The van der Waals surface area contributed by atoms with E-state index < -0.39 is 6.10 Å². The zero-order valence-electron chi connectivity index (χ0n) is 12.9. The summed E-state index contributed by atoms with van der Waals surface area (Å²) in [6, 6.07) is 6.78. The number of aliphatic hydroxyl groups is 1. The quantitative estimate of drug-likeness (QED) is 0.858. The summed E-state index contributed by atoms with van der Waals surface area (Å²) in [4.78, 5) is 0. The summed E-state index contributed by atoms with van der Waals surface area (Å²) in [6.07, 6.45) is 4.53. The van der Waals surface area contributed by atoms with Crippen LogP contribution >= 0.6 is 0 Å². The molecule has 2 rings (SSSR count). The highest BCUT2D eigenvalue weighted by atomic mass is 19.1. The maximum absolute atomic E-state index is 13.6. The van der Waals surface area contributed by atoms with Gasteiger partial charge in [0.25, 0.3) is 0 Å². The van der Waals surface area contributed by atoms with Crippen LogP contribution in [0.2, 0.25) is 0 Å². The van der Waals surface area contributed by atoms with Crippen LogP contribution in [0, 0.1) is 23.1 Å². The molecule has 20 heavy (non-hydrogen) atoms. The van der Waals surface area contributed by atoms with Crippen molar-refractivity contribution in [2.24, 2.45) is 17.3 Å². The summed E-state index contributed by atoms with van der Waals surface area (Å²) in [7, 11) is 0. The molecule has 1 aromatic rings. The molecule has 0 saturated heterocycles. The van der Waals surface area contributed by atoms with E-state index >= 15 is 0 Å². The Hall–Kier alpha value is -0.890. The summed E-state index contributed by atoms with van der Waals surface area (Å²) in [5.41, 5.74) is 1.000. The van der Waals surface area contributed by atoms with Gasteiger partial charge in [0.2, 0.25) is 0 Å². The predicted octanol–water partition coefficient (Wildman–Crippen LogP) is 4.58. The average molecular weight is 278 g/mol. The summed E-state index contributed by atoms with van der Waals surface area (Å²) in [6.45, 7) is 6.90. The molecule has 1 fully saturated rings. The van der Waals surface area contributed by atoms with E-state index in [2.05, 4.69) is 20.8 Å². The van der Waals surface area contributed by atoms with Crippen molar-refractivity contribution in [2.45, 2.75) is 59.0 Å². The van der Waals surface area contributed by atoms with Gasteiger partial charge >= 0.3 is 0 Å². The van der Waals surface area contributed by atoms with Crippen LogP contribution in [0.4, 0.5) is 4.39 Å². The van der Waals surface area contributed by atoms with Gasteiger partial charge in [-0.3, -0.25) is 0 Å². The number of aliphatic hydroxyl groups excluding tert-OH is 1. The van der Waals surface area contributed by atoms with Crippen molar-refractivity contribution in [3.63, 3.8) is 0 Å². The van der Waals surface area contributed by atoms with Gasteiger partial charge in [-0.05, 0) is 54.6 Å². The lowest BCUT2D eigenvalue weighted by atomic mass is 9.68. The largest absolute Gasteiger partial charge is 0.392 e. The fourth-order valence-electron chi connectivity index (χ4n) is 3.43. The average Bonchev–Trinajstić information content (AvgIpc) is 2.40. The molecule has 0 heterocycles. The molecule has 0 amide bonds. The molecule has 1 saturated carbocycles. The van der Waals surface area contributed by atoms with Gasteiger partial charge in [-0.25, -0.2) is 4.39 Å². The van der Waals surface area contributed by atoms with Gasteiger partial charge < -0.3 is 5.11 Å². The van der Waals surface area contributed by atoms with E-state index in [0.717, 1.165) is 18.8 Å². The van der Waals surface area contributed by atoms with Crippen LogP contribution in [0.15, 0.2) is 24.3 Å². The number of rotatable bonds is 3. The lowest BCUT2D eigenvalue weighted by Gasteiger charge is -2.38. The molecule has 112 valence electrons. The first-order valence-corrected chi connectivity index (χ1v) is 7.79. The fraction of sp³-hybridized carbons (Fsp3) is 0.667. The molecule has 2 heteroatoms. The van der Waals surface area contributed by atoms with Crippen molar-refractivity contribution in [1.29, 1.82) is 0 Å². The summed E-state index contributed by atoms with van der Waals surface area (Å²) in [5, 5.41) is 10.4. The second-order valence-electron chi connectivity index (χ2n) is 7.34. The first-order chi connectivity index (χ1) is 9.38. The van der Waals surface area contributed by atoms with Gasteiger partial charge in [0, 0.05) is 6.42 Å². The number of halogens is 1. The minimum Gasteiger partial charge on any atom is -0.392 e. The maximum Gasteiger partial charge on any atom is 0.126 e. The highest BCUT2D eigenvalue weighted by Crippen LogP contribution is 2.41. The van der Waals surface area contributed by atoms with Crippen LogP contribution in [0.5, 0.6) is 0 Å². The van der Waals surface area contributed by atoms with E-state index in [4.69, 9.17) is 0 Å². The molecule has 0 radical (unpaired) electrons. The van der Waals surface area contributed by atoms with E-state index in [9.17, 15) is 9.50 Å². The smallest absolute Gasteiger partial charge is 0.126 e. The molecule has 1 aliphatic rings. The van der Waals surface area contributed by atoms with Crippen molar-refractivity contribution < 1.29 is 9.50 Å². The first kappa shape index (κ1) is 15.5. The predicted molar refractivity (Wildman–Crippen MR) is 81.0 cm³/mol. The Kier molecular flexibility index (Phi) is 4.85. The highest BCUT2D eigenvalue weighted by Gasteiger charge is 2.32. The molecular formula is C18H27FO. The fourth-order valence-corrected chi connectivity index (χ4v) is 3.43. The van der Waals surface area contributed by atoms with Crippen molar-refractivity contribution >= 4 is 0 Å². The normalized spacial score (nSPS) is 25.4. The monoisotopic (exact) mass is 278 g/mol. The molecule has 1 aliphatic carbocycles. The lowest BCUT2D eigenvalue weighted by molar-refractivity contribution is 0.0532. The van der Waals surface area contributed by atoms with Gasteiger partial charge in [0.05, 0.1) is 6.10 Å². The lowest BCUT2D eigenvalue weighted by Crippen LogP contribution is -2.31. The number of hydrogen-bond acceptors (Lipinski definition) is 1. The summed E-state index contributed by atoms with van der Waals surface area (Å²) < 4.78 is 13.6. The molecule has 1 N–H and O–H groups in total. The number of hydrogen-bond donors (Lipinski definition) is 1.